The summed E-state index contributed by atoms with van der Waals surface area (Å²) in [6, 6.07) is 0. The smallest absolute Gasteiger partial charge is 0.158 e. The van der Waals surface area contributed by atoms with Crippen LogP contribution in [0.4, 0.5) is 0 Å². The fraction of sp³-hybridized carbons (Fsp3) is 0.889. The second-order valence-electron chi connectivity index (χ2n) is 3.18. The van der Waals surface area contributed by atoms with Gasteiger partial charge < -0.3 is 4.74 Å². The molecule has 1 aliphatic rings. The van der Waals surface area contributed by atoms with Gasteiger partial charge in [-0.1, -0.05) is 19.8 Å². The molecule has 0 aromatic rings. The first-order valence-corrected chi connectivity index (χ1v) is 4.42. The van der Waals surface area contributed by atoms with Crippen LogP contribution in [0.15, 0.2) is 0 Å². The van der Waals surface area contributed by atoms with E-state index in [0.717, 1.165) is 18.9 Å². The molecule has 11 heavy (non-hydrogen) atoms. The van der Waals surface area contributed by atoms with Crippen LogP contribution in [0.3, 0.4) is 0 Å². The van der Waals surface area contributed by atoms with Crippen molar-refractivity contribution in [2.24, 2.45) is 5.92 Å². The monoisotopic (exact) mass is 156 g/mol. The summed E-state index contributed by atoms with van der Waals surface area (Å²) >= 11 is 0. The summed E-state index contributed by atoms with van der Waals surface area (Å²) in [7, 11) is 0. The SMILES string of the molecule is CCC(=O)COCCC1CC1. The van der Waals surface area contributed by atoms with Crippen molar-refractivity contribution in [1.29, 1.82) is 0 Å². The van der Waals surface area contributed by atoms with Crippen LogP contribution in [0.1, 0.15) is 32.6 Å². The van der Waals surface area contributed by atoms with Crippen LogP contribution in [0.2, 0.25) is 0 Å². The molecular weight excluding hydrogens is 140 g/mol. The Hall–Kier alpha value is -0.370. The minimum atomic E-state index is 0.209. The van der Waals surface area contributed by atoms with Crippen LogP contribution in [0.25, 0.3) is 0 Å². The molecule has 0 N–H and O–H groups in total. The zero-order chi connectivity index (χ0) is 8.10. The Morgan fingerprint density at radius 1 is 1.55 bits per heavy atom. The minimum Gasteiger partial charge on any atom is -0.374 e. The van der Waals surface area contributed by atoms with Gasteiger partial charge in [-0.2, -0.15) is 0 Å². The highest BCUT2D eigenvalue weighted by Gasteiger charge is 2.20. The second kappa shape index (κ2) is 4.50. The molecule has 0 aromatic heterocycles. The number of ether oxygens (including phenoxy) is 1. The van der Waals surface area contributed by atoms with E-state index >= 15 is 0 Å². The average Bonchev–Trinajstić information content (AvgIpc) is 2.81. The zero-order valence-corrected chi connectivity index (χ0v) is 7.14. The number of carbonyl (C=O) groups excluding carboxylic acids is 1. The van der Waals surface area contributed by atoms with Crippen molar-refractivity contribution in [1.82, 2.24) is 0 Å². The lowest BCUT2D eigenvalue weighted by molar-refractivity contribution is -0.123. The van der Waals surface area contributed by atoms with Crippen LogP contribution in [0.5, 0.6) is 0 Å². The van der Waals surface area contributed by atoms with Gasteiger partial charge >= 0.3 is 0 Å². The zero-order valence-electron chi connectivity index (χ0n) is 7.14. The van der Waals surface area contributed by atoms with Gasteiger partial charge in [0, 0.05) is 13.0 Å². The number of rotatable bonds is 6. The molecule has 0 radical (unpaired) electrons. The van der Waals surface area contributed by atoms with Gasteiger partial charge in [-0.05, 0) is 12.3 Å². The molecule has 0 heterocycles. The molecule has 0 atom stereocenters. The quantitative estimate of drug-likeness (QED) is 0.548. The molecule has 0 aromatic carbocycles. The Kier molecular flexibility index (Phi) is 3.57. The predicted molar refractivity (Wildman–Crippen MR) is 43.5 cm³/mol. The van der Waals surface area contributed by atoms with Gasteiger partial charge in [-0.25, -0.2) is 0 Å². The third-order valence-electron chi connectivity index (χ3n) is 2.02. The lowest BCUT2D eigenvalue weighted by Crippen LogP contribution is -2.07. The van der Waals surface area contributed by atoms with Crippen molar-refractivity contribution in [3.8, 4) is 0 Å². The van der Waals surface area contributed by atoms with E-state index in [0.29, 0.717) is 13.0 Å². The van der Waals surface area contributed by atoms with E-state index in [1.807, 2.05) is 6.92 Å². The Labute approximate surface area is 67.9 Å². The van der Waals surface area contributed by atoms with E-state index in [2.05, 4.69) is 0 Å². The Bertz CT molecular complexity index is 128. The predicted octanol–water partition coefficient (Wildman–Crippen LogP) is 1.78. The van der Waals surface area contributed by atoms with Gasteiger partial charge in [-0.3, -0.25) is 4.79 Å². The maximum absolute atomic E-state index is 10.7. The van der Waals surface area contributed by atoms with E-state index in [4.69, 9.17) is 4.74 Å². The molecular formula is C9H16O2. The third kappa shape index (κ3) is 4.14. The summed E-state index contributed by atoms with van der Waals surface area (Å²) in [5.74, 6) is 1.12. The van der Waals surface area contributed by atoms with Crippen LogP contribution in [0, 0.1) is 5.92 Å². The number of Topliss-reactive ketones (excluding diaryl/α,β-unsaturated/α-hetero) is 1. The summed E-state index contributed by atoms with van der Waals surface area (Å²) in [5.41, 5.74) is 0. The van der Waals surface area contributed by atoms with E-state index in [-0.39, 0.29) is 5.78 Å². The summed E-state index contributed by atoms with van der Waals surface area (Å²) in [4.78, 5) is 10.7. The highest BCUT2D eigenvalue weighted by atomic mass is 16.5. The number of hydrogen-bond donors (Lipinski definition) is 0. The Morgan fingerprint density at radius 3 is 2.82 bits per heavy atom. The second-order valence-corrected chi connectivity index (χ2v) is 3.18. The molecule has 0 saturated heterocycles. The van der Waals surface area contributed by atoms with E-state index in [1.165, 1.54) is 12.8 Å². The van der Waals surface area contributed by atoms with E-state index in [1.54, 1.807) is 0 Å². The molecule has 0 bridgehead atoms. The first-order valence-electron chi connectivity index (χ1n) is 4.42. The molecule has 0 unspecified atom stereocenters. The topological polar surface area (TPSA) is 26.3 Å². The summed E-state index contributed by atoms with van der Waals surface area (Å²) in [5, 5.41) is 0. The highest BCUT2D eigenvalue weighted by Crippen LogP contribution is 2.31. The number of hydrogen-bond acceptors (Lipinski definition) is 2. The molecule has 1 fully saturated rings. The fourth-order valence-corrected chi connectivity index (χ4v) is 0.945. The largest absolute Gasteiger partial charge is 0.374 e. The molecule has 1 rings (SSSR count). The van der Waals surface area contributed by atoms with Crippen molar-refractivity contribution >= 4 is 5.78 Å². The van der Waals surface area contributed by atoms with Gasteiger partial charge in [0.2, 0.25) is 0 Å². The first kappa shape index (κ1) is 8.72. The minimum absolute atomic E-state index is 0.209. The van der Waals surface area contributed by atoms with Crippen LogP contribution in [-0.2, 0) is 9.53 Å². The average molecular weight is 156 g/mol. The third-order valence-corrected chi connectivity index (χ3v) is 2.02. The van der Waals surface area contributed by atoms with Crippen LogP contribution < -0.4 is 0 Å². The van der Waals surface area contributed by atoms with Gasteiger partial charge in [0.1, 0.15) is 6.61 Å². The van der Waals surface area contributed by atoms with Crippen LogP contribution in [-0.4, -0.2) is 19.0 Å². The highest BCUT2D eigenvalue weighted by molar-refractivity contribution is 5.79. The number of carbonyl (C=O) groups is 1. The molecule has 0 spiro atoms. The maximum atomic E-state index is 10.7. The lowest BCUT2D eigenvalue weighted by Gasteiger charge is -2.00. The summed E-state index contributed by atoms with van der Waals surface area (Å²) < 4.78 is 5.19. The van der Waals surface area contributed by atoms with Crippen molar-refractivity contribution in [3.05, 3.63) is 0 Å². The maximum Gasteiger partial charge on any atom is 0.158 e. The first-order chi connectivity index (χ1) is 5.33. The van der Waals surface area contributed by atoms with Crippen molar-refractivity contribution in [3.63, 3.8) is 0 Å². The van der Waals surface area contributed by atoms with E-state index in [9.17, 15) is 4.79 Å². The van der Waals surface area contributed by atoms with Crippen molar-refractivity contribution in [2.75, 3.05) is 13.2 Å². The molecule has 1 saturated carbocycles. The fourth-order valence-electron chi connectivity index (χ4n) is 0.945. The van der Waals surface area contributed by atoms with Gasteiger partial charge in [0.15, 0.2) is 5.78 Å². The summed E-state index contributed by atoms with van der Waals surface area (Å²) in [6.45, 7) is 2.96. The molecule has 2 nitrogen and oxygen atoms in total. The molecule has 1 aliphatic carbocycles. The Balaban J connectivity index is 1.82. The van der Waals surface area contributed by atoms with Crippen molar-refractivity contribution < 1.29 is 9.53 Å². The van der Waals surface area contributed by atoms with Crippen molar-refractivity contribution in [2.45, 2.75) is 32.6 Å². The summed E-state index contributed by atoms with van der Waals surface area (Å²) in [6.07, 6.45) is 4.48. The molecule has 2 heteroatoms. The van der Waals surface area contributed by atoms with Crippen LogP contribution >= 0.6 is 0 Å². The molecule has 0 amide bonds. The molecule has 0 aliphatic heterocycles. The van der Waals surface area contributed by atoms with E-state index < -0.39 is 0 Å². The standard InChI is InChI=1S/C9H16O2/c1-2-9(10)7-11-6-5-8-3-4-8/h8H,2-7H2,1H3. The Morgan fingerprint density at radius 2 is 2.27 bits per heavy atom. The van der Waals surface area contributed by atoms with Gasteiger partial charge in [0.25, 0.3) is 0 Å². The molecule has 64 valence electrons. The number of ketones is 1. The van der Waals surface area contributed by atoms with Gasteiger partial charge in [-0.15, -0.1) is 0 Å². The van der Waals surface area contributed by atoms with Gasteiger partial charge in [0.05, 0.1) is 0 Å². The normalized spacial score (nSPS) is 16.8. The lowest BCUT2D eigenvalue weighted by atomic mass is 10.3.